The van der Waals surface area contributed by atoms with E-state index in [0.29, 0.717) is 0 Å². The van der Waals surface area contributed by atoms with Gasteiger partial charge in [0, 0.05) is 0 Å². The van der Waals surface area contributed by atoms with Crippen LogP contribution in [0.1, 0.15) is 150 Å². The summed E-state index contributed by atoms with van der Waals surface area (Å²) in [4.78, 5) is 0. The fourth-order valence-corrected chi connectivity index (χ4v) is 12.0. The summed E-state index contributed by atoms with van der Waals surface area (Å²) < 4.78 is 0. The van der Waals surface area contributed by atoms with Crippen LogP contribution < -0.4 is 0 Å². The van der Waals surface area contributed by atoms with Crippen LogP contribution in [-0.4, -0.2) is 24.6 Å². The molecule has 0 aliphatic carbocycles. The van der Waals surface area contributed by atoms with Crippen LogP contribution in [0.25, 0.3) is 0 Å². The molecule has 0 aliphatic rings. The molecule has 0 N–H and O–H groups in total. The summed E-state index contributed by atoms with van der Waals surface area (Å²) in [6.45, 7) is 9.31. The van der Waals surface area contributed by atoms with Crippen LogP contribution in [0.4, 0.5) is 0 Å². The maximum absolute atomic E-state index is 7.71. The van der Waals surface area contributed by atoms with Gasteiger partial charge in [-0.3, -0.25) is 0 Å². The van der Waals surface area contributed by atoms with Crippen LogP contribution in [0, 0.1) is 0 Å². The van der Waals surface area contributed by atoms with Crippen molar-refractivity contribution in [3.8, 4) is 0 Å². The molecule has 29 heavy (non-hydrogen) atoms. The zero-order valence-electron chi connectivity index (χ0n) is 21.1. The van der Waals surface area contributed by atoms with Crippen molar-refractivity contribution in [2.45, 2.75) is 150 Å². The Labute approximate surface area is 191 Å². The molecule has 0 atom stereocenters. The summed E-state index contributed by atoms with van der Waals surface area (Å²) in [6, 6.07) is 0. The summed E-state index contributed by atoms with van der Waals surface area (Å²) in [5, 5.41) is 0. The van der Waals surface area contributed by atoms with E-state index >= 15 is 0 Å². The summed E-state index contributed by atoms with van der Waals surface area (Å²) in [5.41, 5.74) is 0. The minimum absolute atomic E-state index is 1.31. The number of rotatable bonds is 23. The van der Waals surface area contributed by atoms with Crippen molar-refractivity contribution < 1.29 is 0 Å². The van der Waals surface area contributed by atoms with Crippen molar-refractivity contribution in [3.63, 3.8) is 0 Å². The Hall–Kier alpha value is 0.720. The first kappa shape index (κ1) is 29.7. The molecule has 0 unspecified atom stereocenters. The number of halogens is 1. The van der Waals surface area contributed by atoms with E-state index in [1.54, 1.807) is 0 Å². The van der Waals surface area contributed by atoms with Gasteiger partial charge in [-0.25, -0.2) is 0 Å². The van der Waals surface area contributed by atoms with E-state index < -0.39 is 5.96 Å². The molecule has 0 heterocycles. The second kappa shape index (κ2) is 19.4. The molecular weight excluding hydrogens is 391 g/mol. The van der Waals surface area contributed by atoms with Crippen LogP contribution in [-0.2, 0) is 0 Å². The third kappa shape index (κ3) is 16.1. The fourth-order valence-electron chi connectivity index (χ4n) is 4.86. The Morgan fingerprint density at radius 1 is 0.345 bits per heavy atom. The first-order chi connectivity index (χ1) is 14.0. The van der Waals surface area contributed by atoms with Gasteiger partial charge in [0.1, 0.15) is 0 Å². The molecule has 0 saturated carbocycles. The van der Waals surface area contributed by atoms with Crippen molar-refractivity contribution in [2.24, 2.45) is 0 Å². The van der Waals surface area contributed by atoms with E-state index in [-0.39, 0.29) is 0 Å². The monoisotopic (exact) mass is 448 g/mol. The van der Waals surface area contributed by atoms with Crippen LogP contribution in [0.5, 0.6) is 0 Å². The van der Waals surface area contributed by atoms with E-state index in [9.17, 15) is 0 Å². The van der Waals surface area contributed by atoms with Gasteiger partial charge in [-0.1, -0.05) is 19.8 Å². The van der Waals surface area contributed by atoms with Gasteiger partial charge < -0.3 is 0 Å². The van der Waals surface area contributed by atoms with Crippen LogP contribution in [0.15, 0.2) is 0 Å². The second-order valence-corrected chi connectivity index (χ2v) is 18.3. The van der Waals surface area contributed by atoms with Crippen molar-refractivity contribution in [3.05, 3.63) is 0 Å². The quantitative estimate of drug-likeness (QED) is 0.108. The topological polar surface area (TPSA) is 0 Å². The van der Waals surface area contributed by atoms with Crippen molar-refractivity contribution in [1.29, 1.82) is 0 Å². The van der Waals surface area contributed by atoms with E-state index in [1.165, 1.54) is 147 Å². The second-order valence-electron chi connectivity index (χ2n) is 10.0. The molecule has 0 aliphatic heterocycles. The molecule has 0 aromatic rings. The Morgan fingerprint density at radius 3 is 0.897 bits per heavy atom. The van der Waals surface area contributed by atoms with Gasteiger partial charge in [0.05, 0.1) is 0 Å². The number of unbranched alkanes of at least 4 members (excludes halogenated alkanes) is 15. The Kier molecular flexibility index (Phi) is 19.9. The molecule has 0 amide bonds. The SMILES string of the molecule is CCCCCCCCCCCCCCCP(Cl)(CCCC)(CCCC)CCCC. The van der Waals surface area contributed by atoms with E-state index in [2.05, 4.69) is 27.7 Å². The van der Waals surface area contributed by atoms with Crippen molar-refractivity contribution in [1.82, 2.24) is 0 Å². The van der Waals surface area contributed by atoms with Crippen molar-refractivity contribution >= 4 is 17.2 Å². The van der Waals surface area contributed by atoms with E-state index in [0.717, 1.165) is 0 Å². The minimum atomic E-state index is -1.97. The summed E-state index contributed by atoms with van der Waals surface area (Å²) in [7, 11) is 0. The Balaban J connectivity index is 4.05. The summed E-state index contributed by atoms with van der Waals surface area (Å²) in [6.07, 6.45) is 32.2. The average Bonchev–Trinajstić information content (AvgIpc) is 2.73. The number of hydrogen-bond donors (Lipinski definition) is 0. The first-order valence-electron chi connectivity index (χ1n) is 13.8. The predicted octanol–water partition coefficient (Wildman–Crippen LogP) is 11.2. The molecule has 0 aromatic heterocycles. The van der Waals surface area contributed by atoms with E-state index in [4.69, 9.17) is 11.2 Å². The summed E-state index contributed by atoms with van der Waals surface area (Å²) in [5.74, 6) is -1.97. The third-order valence-corrected chi connectivity index (χ3v) is 14.8. The number of hydrogen-bond acceptors (Lipinski definition) is 0. The molecule has 0 radical (unpaired) electrons. The Morgan fingerprint density at radius 2 is 0.586 bits per heavy atom. The molecule has 178 valence electrons. The molecule has 0 aromatic carbocycles. The van der Waals surface area contributed by atoms with Gasteiger partial charge in [0.2, 0.25) is 0 Å². The van der Waals surface area contributed by atoms with E-state index in [1.807, 2.05) is 0 Å². The maximum atomic E-state index is 7.71. The van der Waals surface area contributed by atoms with Crippen LogP contribution in [0.3, 0.4) is 0 Å². The summed E-state index contributed by atoms with van der Waals surface area (Å²) >= 11 is 7.71. The van der Waals surface area contributed by atoms with Gasteiger partial charge in [0.15, 0.2) is 0 Å². The van der Waals surface area contributed by atoms with Crippen LogP contribution in [0.2, 0.25) is 0 Å². The van der Waals surface area contributed by atoms with Gasteiger partial charge in [-0.2, -0.15) is 0 Å². The molecule has 0 rings (SSSR count). The standard InChI is InChI=1S/C27H58ClP/c1-5-9-13-14-15-16-17-18-19-20-21-22-23-27-29(28,24-10-6-2,25-11-7-3)26-12-8-4/h5-27H2,1-4H3. The van der Waals surface area contributed by atoms with Gasteiger partial charge in [0.25, 0.3) is 0 Å². The van der Waals surface area contributed by atoms with Crippen molar-refractivity contribution in [2.75, 3.05) is 24.6 Å². The average molecular weight is 449 g/mol. The predicted molar refractivity (Wildman–Crippen MR) is 143 cm³/mol. The zero-order chi connectivity index (χ0) is 21.7. The first-order valence-corrected chi connectivity index (χ1v) is 17.6. The third-order valence-electron chi connectivity index (χ3n) is 7.03. The van der Waals surface area contributed by atoms with Crippen LogP contribution >= 0.6 is 17.2 Å². The normalized spacial score (nSPS) is 13.5. The van der Waals surface area contributed by atoms with Gasteiger partial charge in [-0.15, -0.1) is 0 Å². The molecule has 0 saturated heterocycles. The molecular formula is C27H58ClP. The molecule has 0 nitrogen and oxygen atoms in total. The van der Waals surface area contributed by atoms with Gasteiger partial charge >= 0.3 is 172 Å². The molecule has 0 fully saturated rings. The molecule has 0 spiro atoms. The Bertz CT molecular complexity index is 317. The van der Waals surface area contributed by atoms with Gasteiger partial charge in [-0.05, 0) is 0 Å². The zero-order valence-corrected chi connectivity index (χ0v) is 22.7. The fraction of sp³-hybridized carbons (Fsp3) is 1.00. The molecule has 2 heteroatoms. The molecule has 0 bridgehead atoms.